The first kappa shape index (κ1) is 16.1. The number of hydrogen-bond acceptors (Lipinski definition) is 3. The highest BCUT2D eigenvalue weighted by molar-refractivity contribution is 6.30. The molecule has 2 aliphatic rings. The molecule has 1 saturated carbocycles. The maximum absolute atomic E-state index is 6.24. The van der Waals surface area contributed by atoms with Crippen molar-refractivity contribution >= 4 is 11.6 Å². The van der Waals surface area contributed by atoms with Crippen LogP contribution >= 0.6 is 11.6 Å². The summed E-state index contributed by atoms with van der Waals surface area (Å²) in [4.78, 5) is 0. The van der Waals surface area contributed by atoms with Gasteiger partial charge >= 0.3 is 0 Å². The van der Waals surface area contributed by atoms with Gasteiger partial charge in [0, 0.05) is 24.0 Å². The van der Waals surface area contributed by atoms with Crippen LogP contribution in [0, 0.1) is 5.92 Å². The average molecular weight is 345 g/mol. The van der Waals surface area contributed by atoms with Crippen molar-refractivity contribution in [3.63, 3.8) is 0 Å². The van der Waals surface area contributed by atoms with Crippen LogP contribution in [0.1, 0.15) is 61.8 Å². The van der Waals surface area contributed by atoms with Gasteiger partial charge in [0.1, 0.15) is 11.6 Å². The third-order valence-corrected chi connectivity index (χ3v) is 5.73. The Balaban J connectivity index is 1.52. The Bertz CT molecular complexity index is 690. The minimum Gasteiger partial charge on any atom is -0.314 e. The van der Waals surface area contributed by atoms with Gasteiger partial charge in [-0.05, 0) is 49.3 Å². The van der Waals surface area contributed by atoms with E-state index in [4.69, 9.17) is 11.6 Å². The van der Waals surface area contributed by atoms with Crippen molar-refractivity contribution in [2.45, 2.75) is 64.1 Å². The van der Waals surface area contributed by atoms with Crippen LogP contribution in [0.15, 0.2) is 24.3 Å². The summed E-state index contributed by atoms with van der Waals surface area (Å²) in [7, 11) is 0. The summed E-state index contributed by atoms with van der Waals surface area (Å²) in [5, 5.41) is 13.4. The third-order valence-electron chi connectivity index (χ3n) is 5.50. The Hall–Kier alpha value is -1.39. The highest BCUT2D eigenvalue weighted by Crippen LogP contribution is 2.36. The minimum absolute atomic E-state index is 0.350. The molecular weight excluding hydrogens is 320 g/mol. The molecule has 1 N–H and O–H groups in total. The van der Waals surface area contributed by atoms with E-state index in [1.54, 1.807) is 0 Å². The smallest absolute Gasteiger partial charge is 0.147 e. The summed E-state index contributed by atoms with van der Waals surface area (Å²) in [6, 6.07) is 8.66. The van der Waals surface area contributed by atoms with E-state index in [1.165, 1.54) is 44.1 Å². The SMILES string of the molecule is Clc1cccc(C(NCc2nnc3n2CCCC3)C2CCCC2)c1. The number of benzene rings is 1. The molecule has 1 aliphatic heterocycles. The summed E-state index contributed by atoms with van der Waals surface area (Å²) < 4.78 is 2.31. The van der Waals surface area contributed by atoms with Gasteiger partial charge in [-0.25, -0.2) is 0 Å². The standard InChI is InChI=1S/C19H25ClN4/c20-16-9-5-8-15(12-16)19(14-6-1-2-7-14)21-13-18-23-22-17-10-3-4-11-24(17)18/h5,8-9,12,14,19,21H,1-4,6-7,10-11,13H2. The van der Waals surface area contributed by atoms with Crippen LogP contribution in [0.3, 0.4) is 0 Å². The first-order valence-electron chi connectivity index (χ1n) is 9.21. The van der Waals surface area contributed by atoms with Crippen molar-refractivity contribution in [1.29, 1.82) is 0 Å². The molecule has 0 saturated heterocycles. The zero-order valence-corrected chi connectivity index (χ0v) is 14.8. The molecule has 5 heteroatoms. The average Bonchev–Trinajstić information content (AvgIpc) is 3.26. The monoisotopic (exact) mass is 344 g/mol. The first-order valence-corrected chi connectivity index (χ1v) is 9.59. The van der Waals surface area contributed by atoms with Gasteiger partial charge in [0.15, 0.2) is 0 Å². The normalized spacial score (nSPS) is 19.4. The number of aryl methyl sites for hydroxylation is 1. The molecule has 0 radical (unpaired) electrons. The zero-order valence-electron chi connectivity index (χ0n) is 14.0. The van der Waals surface area contributed by atoms with Crippen LogP contribution in [-0.2, 0) is 19.5 Å². The molecule has 1 unspecified atom stereocenters. The van der Waals surface area contributed by atoms with Gasteiger partial charge in [-0.15, -0.1) is 10.2 Å². The van der Waals surface area contributed by atoms with Gasteiger partial charge < -0.3 is 9.88 Å². The van der Waals surface area contributed by atoms with Crippen molar-refractivity contribution in [2.24, 2.45) is 5.92 Å². The Kier molecular flexibility index (Phi) is 4.86. The molecule has 0 amide bonds. The molecule has 1 aromatic heterocycles. The van der Waals surface area contributed by atoms with Crippen molar-refractivity contribution in [3.8, 4) is 0 Å². The molecule has 0 spiro atoms. The Morgan fingerprint density at radius 1 is 1.17 bits per heavy atom. The van der Waals surface area contributed by atoms with Crippen molar-refractivity contribution in [2.75, 3.05) is 0 Å². The lowest BCUT2D eigenvalue weighted by Crippen LogP contribution is -2.28. The summed E-state index contributed by atoms with van der Waals surface area (Å²) in [6.07, 6.45) is 8.79. The summed E-state index contributed by atoms with van der Waals surface area (Å²) >= 11 is 6.24. The van der Waals surface area contributed by atoms with Crippen LogP contribution in [0.5, 0.6) is 0 Å². The van der Waals surface area contributed by atoms with Gasteiger partial charge in [-0.2, -0.15) is 0 Å². The van der Waals surface area contributed by atoms with Crippen LogP contribution < -0.4 is 5.32 Å². The maximum atomic E-state index is 6.24. The van der Waals surface area contributed by atoms with Gasteiger partial charge in [0.2, 0.25) is 0 Å². The largest absolute Gasteiger partial charge is 0.314 e. The fourth-order valence-electron chi connectivity index (χ4n) is 4.25. The zero-order chi connectivity index (χ0) is 16.4. The molecule has 1 atom stereocenters. The second kappa shape index (κ2) is 7.24. The molecule has 128 valence electrons. The lowest BCUT2D eigenvalue weighted by atomic mass is 9.91. The molecule has 1 aliphatic carbocycles. The van der Waals surface area contributed by atoms with Crippen LogP contribution in [0.2, 0.25) is 5.02 Å². The minimum atomic E-state index is 0.350. The molecule has 2 heterocycles. The number of hydrogen-bond donors (Lipinski definition) is 1. The first-order chi connectivity index (χ1) is 11.8. The molecule has 4 rings (SSSR count). The fourth-order valence-corrected chi connectivity index (χ4v) is 4.45. The van der Waals surface area contributed by atoms with E-state index in [9.17, 15) is 0 Å². The van der Waals surface area contributed by atoms with Crippen LogP contribution in [0.25, 0.3) is 0 Å². The molecular formula is C19H25ClN4. The van der Waals surface area contributed by atoms with E-state index in [-0.39, 0.29) is 0 Å². The fraction of sp³-hybridized carbons (Fsp3) is 0.579. The van der Waals surface area contributed by atoms with E-state index >= 15 is 0 Å². The lowest BCUT2D eigenvalue weighted by Gasteiger charge is -2.26. The van der Waals surface area contributed by atoms with Crippen molar-refractivity contribution < 1.29 is 0 Å². The predicted molar refractivity (Wildman–Crippen MR) is 96.0 cm³/mol. The van der Waals surface area contributed by atoms with Crippen LogP contribution in [0.4, 0.5) is 0 Å². The highest BCUT2D eigenvalue weighted by Gasteiger charge is 2.27. The Labute approximate surface area is 148 Å². The van der Waals surface area contributed by atoms with Crippen molar-refractivity contribution in [3.05, 3.63) is 46.5 Å². The van der Waals surface area contributed by atoms with E-state index in [1.807, 2.05) is 6.07 Å². The van der Waals surface area contributed by atoms with Gasteiger partial charge in [-0.3, -0.25) is 0 Å². The highest BCUT2D eigenvalue weighted by atomic mass is 35.5. The number of nitrogens with one attached hydrogen (secondary N) is 1. The Morgan fingerprint density at radius 3 is 2.88 bits per heavy atom. The number of fused-ring (bicyclic) bond motifs is 1. The topological polar surface area (TPSA) is 42.7 Å². The Morgan fingerprint density at radius 2 is 2.04 bits per heavy atom. The molecule has 0 bridgehead atoms. The predicted octanol–water partition coefficient (Wildman–Crippen LogP) is 4.29. The number of rotatable bonds is 5. The summed E-state index contributed by atoms with van der Waals surface area (Å²) in [5.74, 6) is 2.92. The van der Waals surface area contributed by atoms with Crippen LogP contribution in [-0.4, -0.2) is 14.8 Å². The number of nitrogens with zero attached hydrogens (tertiary/aromatic N) is 3. The second-order valence-corrected chi connectivity index (χ2v) is 7.54. The summed E-state index contributed by atoms with van der Waals surface area (Å²) in [5.41, 5.74) is 1.30. The van der Waals surface area contributed by atoms with E-state index in [2.05, 4.69) is 38.3 Å². The van der Waals surface area contributed by atoms with Gasteiger partial charge in [0.25, 0.3) is 0 Å². The van der Waals surface area contributed by atoms with Crippen molar-refractivity contribution in [1.82, 2.24) is 20.1 Å². The van der Waals surface area contributed by atoms with E-state index in [0.29, 0.717) is 12.0 Å². The number of aromatic nitrogens is 3. The molecule has 2 aromatic rings. The molecule has 1 fully saturated rings. The van der Waals surface area contributed by atoms with E-state index in [0.717, 1.165) is 36.2 Å². The quantitative estimate of drug-likeness (QED) is 0.879. The second-order valence-electron chi connectivity index (χ2n) is 7.10. The summed E-state index contributed by atoms with van der Waals surface area (Å²) in [6.45, 7) is 1.84. The lowest BCUT2D eigenvalue weighted by molar-refractivity contribution is 0.358. The maximum Gasteiger partial charge on any atom is 0.147 e. The van der Waals surface area contributed by atoms with Gasteiger partial charge in [0.05, 0.1) is 6.54 Å². The third kappa shape index (κ3) is 3.35. The van der Waals surface area contributed by atoms with Gasteiger partial charge in [-0.1, -0.05) is 36.6 Å². The molecule has 4 nitrogen and oxygen atoms in total. The molecule has 24 heavy (non-hydrogen) atoms. The molecule has 1 aromatic carbocycles. The van der Waals surface area contributed by atoms with E-state index < -0.39 is 0 Å². The number of halogens is 1.